The first-order chi connectivity index (χ1) is 24.9. The molecule has 1 aliphatic carbocycles. The summed E-state index contributed by atoms with van der Waals surface area (Å²) in [7, 11) is -13.7. The van der Waals surface area contributed by atoms with Crippen molar-refractivity contribution in [2.45, 2.75) is 82.4 Å². The summed E-state index contributed by atoms with van der Waals surface area (Å²) in [6, 6.07) is 11.4. The first-order valence-electron chi connectivity index (χ1n) is 17.4. The fraction of sp³-hybridized carbons (Fsp3) is 0.459. The zero-order valence-corrected chi connectivity index (χ0v) is 39.4. The number of anilines is 1. The van der Waals surface area contributed by atoms with Crippen LogP contribution < -0.4 is 73.9 Å². The molecule has 56 heavy (non-hydrogen) atoms. The Hall–Kier alpha value is -1.87. The summed E-state index contributed by atoms with van der Waals surface area (Å²) in [5, 5.41) is 10.2. The predicted octanol–water partition coefficient (Wildman–Crippen LogP) is -1.81. The van der Waals surface area contributed by atoms with Crippen molar-refractivity contribution in [2.24, 2.45) is 0 Å². The first kappa shape index (κ1) is 50.3. The Labute approximate surface area is 374 Å². The molecule has 0 radical (unpaired) electrons. The Bertz CT molecular complexity index is 2330. The van der Waals surface area contributed by atoms with Crippen molar-refractivity contribution in [3.8, 4) is 11.3 Å². The van der Waals surface area contributed by atoms with Gasteiger partial charge in [-0.25, -0.2) is 29.8 Å². The van der Waals surface area contributed by atoms with Crippen LogP contribution in [0.2, 0.25) is 0 Å². The number of carbonyl (C=O) groups is 1. The molecule has 3 aliphatic rings. The van der Waals surface area contributed by atoms with E-state index in [1.807, 2.05) is 62.6 Å². The number of hydrogen-bond acceptors (Lipinski definition) is 12. The van der Waals surface area contributed by atoms with Crippen LogP contribution >= 0.6 is 0 Å². The van der Waals surface area contributed by atoms with Gasteiger partial charge in [-0.05, 0) is 80.6 Å². The molecule has 1 aromatic carbocycles. The van der Waals surface area contributed by atoms with Crippen LogP contribution in [0.15, 0.2) is 69.6 Å². The van der Waals surface area contributed by atoms with Gasteiger partial charge < -0.3 is 28.1 Å². The number of allylic oxidation sites excluding steroid dienone is 3. The standard InChI is InChI=1S/C37H48N2O12S3.2Na/c1-6-38(19-9-21-52(42,43)44)27-14-16-29-26(23-34(36(2,3)4)51-32(29)24-27)11-7-12-33-37(5,18-8-13-35(40)41)30-25-28(54(48,49)50)15-17-31(30)39(33)20-10-22-53(45,46)47;;/h7,11-12,14-17,23-25H,6,8-10,13,18-22H2,1-5H3,(H3-,40,41,42,43,44,45,46,47,48,49,50);;/q;2*+1/p-2. The number of carboxylic acid groups (broad SMARTS) is 1. The van der Waals surface area contributed by atoms with Crippen LogP contribution in [0.5, 0.6) is 0 Å². The Balaban J connectivity index is 0.00000541. The third kappa shape index (κ3) is 13.3. The van der Waals surface area contributed by atoms with Crippen LogP contribution in [0, 0.1) is 0 Å². The van der Waals surface area contributed by atoms with Crippen molar-refractivity contribution < 1.29 is 112 Å². The van der Waals surface area contributed by atoms with Crippen molar-refractivity contribution in [1.82, 2.24) is 4.58 Å². The molecular formula is C37H46N2Na2O12S3. The van der Waals surface area contributed by atoms with E-state index in [9.17, 15) is 48.8 Å². The zero-order chi connectivity index (χ0) is 40.3. The molecule has 2 aliphatic heterocycles. The second-order valence-corrected chi connectivity index (χ2v) is 19.0. The number of benzene rings is 2. The van der Waals surface area contributed by atoms with E-state index in [4.69, 9.17) is 4.42 Å². The van der Waals surface area contributed by atoms with E-state index in [-0.39, 0.29) is 97.8 Å². The second-order valence-electron chi connectivity index (χ2n) is 14.6. The van der Waals surface area contributed by atoms with E-state index in [0.717, 1.165) is 16.5 Å². The van der Waals surface area contributed by atoms with Gasteiger partial charge in [0.1, 0.15) is 34.7 Å². The normalized spacial score (nSPS) is 17.5. The first-order valence-corrected chi connectivity index (χ1v) is 22.0. The molecule has 0 spiro atoms. The molecule has 0 saturated carbocycles. The summed E-state index contributed by atoms with van der Waals surface area (Å²) in [4.78, 5) is 12.8. The minimum atomic E-state index is -4.86. The Morgan fingerprint density at radius 1 is 0.929 bits per heavy atom. The van der Waals surface area contributed by atoms with Crippen LogP contribution in [0.25, 0.3) is 17.4 Å². The molecule has 296 valence electrons. The van der Waals surface area contributed by atoms with Gasteiger partial charge in [0.2, 0.25) is 5.36 Å². The van der Waals surface area contributed by atoms with E-state index in [0.29, 0.717) is 41.6 Å². The van der Waals surface area contributed by atoms with E-state index in [2.05, 4.69) is 0 Å². The predicted molar refractivity (Wildman–Crippen MR) is 201 cm³/mol. The third-order valence-electron chi connectivity index (χ3n) is 9.46. The quantitative estimate of drug-likeness (QED) is 0.0954. The summed E-state index contributed by atoms with van der Waals surface area (Å²) in [5.41, 5.74) is 1.65. The molecular weight excluding hydrogens is 807 g/mol. The Kier molecular flexibility index (Phi) is 17.9. The monoisotopic (exact) mass is 852 g/mol. The van der Waals surface area contributed by atoms with Crippen LogP contribution in [-0.2, 0) is 46.0 Å². The number of carboxylic acids is 1. The van der Waals surface area contributed by atoms with Crippen molar-refractivity contribution in [3.63, 3.8) is 0 Å². The molecule has 1 N–H and O–H groups in total. The molecule has 0 bridgehead atoms. The van der Waals surface area contributed by atoms with Crippen molar-refractivity contribution in [2.75, 3.05) is 36.0 Å². The van der Waals surface area contributed by atoms with E-state index < -0.39 is 63.6 Å². The number of nitrogens with zero attached hydrogens (tertiary/aromatic N) is 2. The SMILES string of the molecule is CC[N+](CCCS(=O)(=O)[O-])=c1ccc2c(/C=C/C=C3/N(CCCS(=O)(=O)[O-])c4ccc(S(=O)(=O)[O-])cc4C3(C)CCCC(=O)O)cc(C(C)(C)C)oc-2c1.[Na+].[Na+]. The van der Waals surface area contributed by atoms with E-state index >= 15 is 0 Å². The van der Waals surface area contributed by atoms with Crippen molar-refractivity contribution in [1.29, 1.82) is 0 Å². The maximum absolute atomic E-state index is 12.1. The van der Waals surface area contributed by atoms with Gasteiger partial charge in [-0.15, -0.1) is 0 Å². The molecule has 2 heterocycles. The number of aliphatic carboxylic acids is 1. The van der Waals surface area contributed by atoms with Gasteiger partial charge in [0.15, 0.2) is 0 Å². The van der Waals surface area contributed by atoms with Gasteiger partial charge in [0.05, 0.1) is 31.2 Å². The number of fused-ring (bicyclic) bond motifs is 2. The van der Waals surface area contributed by atoms with Gasteiger partial charge in [-0.1, -0.05) is 32.9 Å². The zero-order valence-electron chi connectivity index (χ0n) is 32.9. The average molecular weight is 853 g/mol. The van der Waals surface area contributed by atoms with Crippen LogP contribution in [0.3, 0.4) is 0 Å². The molecule has 1 atom stereocenters. The molecule has 0 fully saturated rings. The van der Waals surface area contributed by atoms with Gasteiger partial charge in [-0.2, -0.15) is 0 Å². The van der Waals surface area contributed by atoms with Gasteiger partial charge in [0.25, 0.3) is 0 Å². The summed E-state index contributed by atoms with van der Waals surface area (Å²) < 4.78 is 113. The molecule has 19 heteroatoms. The molecule has 1 aromatic rings. The molecule has 1 unspecified atom stereocenters. The summed E-state index contributed by atoms with van der Waals surface area (Å²) >= 11 is 0. The smallest absolute Gasteiger partial charge is 0.748 e. The summed E-state index contributed by atoms with van der Waals surface area (Å²) in [6.45, 7) is 10.7. The van der Waals surface area contributed by atoms with Crippen LogP contribution in [-0.4, -0.2) is 81.1 Å². The maximum atomic E-state index is 12.1. The number of rotatable bonds is 16. The van der Waals surface area contributed by atoms with Crippen LogP contribution in [0.4, 0.5) is 5.69 Å². The number of hydrogen-bond donors (Lipinski definition) is 1. The fourth-order valence-corrected chi connectivity index (χ4v) is 8.20. The molecule has 0 amide bonds. The molecule has 4 rings (SSSR count). The molecule has 0 aromatic heterocycles. The van der Waals surface area contributed by atoms with Gasteiger partial charge >= 0.3 is 65.1 Å². The van der Waals surface area contributed by atoms with E-state index in [1.165, 1.54) is 18.2 Å². The summed E-state index contributed by atoms with van der Waals surface area (Å²) in [6.07, 6.45) is 5.78. The van der Waals surface area contributed by atoms with Gasteiger partial charge in [0, 0.05) is 64.7 Å². The van der Waals surface area contributed by atoms with Crippen LogP contribution in [0.1, 0.15) is 83.6 Å². The Morgan fingerprint density at radius 3 is 2.14 bits per heavy atom. The minimum absolute atomic E-state index is 0. The molecule has 0 saturated heterocycles. The molecule has 14 nitrogen and oxygen atoms in total. The van der Waals surface area contributed by atoms with Gasteiger partial charge in [-0.3, -0.25) is 4.79 Å². The summed E-state index contributed by atoms with van der Waals surface area (Å²) in [5.74, 6) is -0.918. The largest absolute Gasteiger partial charge is 1.00 e. The third-order valence-corrected chi connectivity index (χ3v) is 11.9. The van der Waals surface area contributed by atoms with Crippen molar-refractivity contribution in [3.05, 3.63) is 82.6 Å². The average Bonchev–Trinajstić information content (AvgIpc) is 3.27. The fourth-order valence-electron chi connectivity index (χ4n) is 6.73. The Morgan fingerprint density at radius 2 is 1.57 bits per heavy atom. The topological polar surface area (TPSA) is 228 Å². The minimum Gasteiger partial charge on any atom is -0.748 e. The van der Waals surface area contributed by atoms with Crippen molar-refractivity contribution >= 4 is 48.1 Å². The second kappa shape index (κ2) is 19.9. The van der Waals surface area contributed by atoms with E-state index in [1.54, 1.807) is 24.0 Å². The maximum Gasteiger partial charge on any atom is 1.00 e.